The Labute approximate surface area is 117 Å². The summed E-state index contributed by atoms with van der Waals surface area (Å²) in [6.45, 7) is 5.42. The third-order valence-electron chi connectivity index (χ3n) is 2.56. The summed E-state index contributed by atoms with van der Waals surface area (Å²) in [4.78, 5) is 22.2. The number of nitro benzene ring substituents is 1. The summed E-state index contributed by atoms with van der Waals surface area (Å²) < 4.78 is 5.40. The minimum atomic E-state index is -0.830. The number of rotatable bonds is 6. The number of hydrogen-bond donors (Lipinski definition) is 2. The SMILES string of the molecule is CC(C)NC(=O)C(C)Oc1cc(CN)ccc1[N+](=O)[O-]. The normalized spacial score (nSPS) is 12.1. The van der Waals surface area contributed by atoms with Crippen molar-refractivity contribution in [1.82, 2.24) is 5.32 Å². The molecule has 0 saturated carbocycles. The molecule has 0 aliphatic carbocycles. The van der Waals surface area contributed by atoms with Crippen LogP contribution in [-0.4, -0.2) is 23.0 Å². The summed E-state index contributed by atoms with van der Waals surface area (Å²) in [5.74, 6) is -0.281. The minimum absolute atomic E-state index is 0.0288. The Morgan fingerprint density at radius 1 is 1.45 bits per heavy atom. The van der Waals surface area contributed by atoms with Crippen molar-refractivity contribution in [2.75, 3.05) is 0 Å². The first-order valence-corrected chi connectivity index (χ1v) is 6.29. The topological polar surface area (TPSA) is 107 Å². The van der Waals surface area contributed by atoms with E-state index < -0.39 is 11.0 Å². The van der Waals surface area contributed by atoms with Gasteiger partial charge in [-0.05, 0) is 32.4 Å². The number of nitrogens with zero attached hydrogens (tertiary/aromatic N) is 1. The van der Waals surface area contributed by atoms with E-state index in [1.165, 1.54) is 19.1 Å². The molecule has 1 aromatic rings. The van der Waals surface area contributed by atoms with E-state index in [9.17, 15) is 14.9 Å². The summed E-state index contributed by atoms with van der Waals surface area (Å²) in [5, 5.41) is 13.6. The fourth-order valence-electron chi connectivity index (χ4n) is 1.58. The van der Waals surface area contributed by atoms with E-state index in [-0.39, 0.29) is 29.9 Å². The van der Waals surface area contributed by atoms with Crippen molar-refractivity contribution in [1.29, 1.82) is 0 Å². The van der Waals surface area contributed by atoms with E-state index in [2.05, 4.69) is 5.32 Å². The first-order valence-electron chi connectivity index (χ1n) is 6.29. The fourth-order valence-corrected chi connectivity index (χ4v) is 1.58. The highest BCUT2D eigenvalue weighted by Crippen LogP contribution is 2.28. The van der Waals surface area contributed by atoms with Crippen LogP contribution in [0.1, 0.15) is 26.3 Å². The molecule has 0 spiro atoms. The highest BCUT2D eigenvalue weighted by Gasteiger charge is 2.21. The molecular formula is C13H19N3O4. The summed E-state index contributed by atoms with van der Waals surface area (Å²) in [6.07, 6.45) is -0.830. The zero-order valence-corrected chi connectivity index (χ0v) is 11.8. The Kier molecular flexibility index (Phi) is 5.45. The van der Waals surface area contributed by atoms with E-state index in [4.69, 9.17) is 10.5 Å². The molecular weight excluding hydrogens is 262 g/mol. The van der Waals surface area contributed by atoms with Gasteiger partial charge in [0.2, 0.25) is 0 Å². The number of benzene rings is 1. The second-order valence-corrected chi connectivity index (χ2v) is 4.69. The lowest BCUT2D eigenvalue weighted by atomic mass is 10.2. The van der Waals surface area contributed by atoms with Gasteiger partial charge in [-0.1, -0.05) is 6.07 Å². The van der Waals surface area contributed by atoms with Crippen molar-refractivity contribution in [2.24, 2.45) is 5.73 Å². The molecule has 1 atom stereocenters. The molecule has 110 valence electrons. The molecule has 1 amide bonds. The molecule has 0 aromatic heterocycles. The van der Waals surface area contributed by atoms with Crippen molar-refractivity contribution in [2.45, 2.75) is 39.5 Å². The number of nitro groups is 1. The van der Waals surface area contributed by atoms with Crippen LogP contribution in [-0.2, 0) is 11.3 Å². The van der Waals surface area contributed by atoms with Crippen LogP contribution < -0.4 is 15.8 Å². The maximum Gasteiger partial charge on any atom is 0.310 e. The van der Waals surface area contributed by atoms with Crippen molar-refractivity contribution in [3.8, 4) is 5.75 Å². The monoisotopic (exact) mass is 281 g/mol. The summed E-state index contributed by atoms with van der Waals surface area (Å²) in [5.41, 5.74) is 6.00. The Hall–Kier alpha value is -2.15. The molecule has 0 radical (unpaired) electrons. The van der Waals surface area contributed by atoms with Crippen LogP contribution in [0.2, 0.25) is 0 Å². The molecule has 0 bridgehead atoms. The van der Waals surface area contributed by atoms with Crippen molar-refractivity contribution >= 4 is 11.6 Å². The third-order valence-corrected chi connectivity index (χ3v) is 2.56. The zero-order valence-electron chi connectivity index (χ0n) is 11.8. The summed E-state index contributed by atoms with van der Waals surface area (Å²) in [7, 11) is 0. The lowest BCUT2D eigenvalue weighted by Gasteiger charge is -2.16. The van der Waals surface area contributed by atoms with Crippen LogP contribution in [0.25, 0.3) is 0 Å². The fraction of sp³-hybridized carbons (Fsp3) is 0.462. The van der Waals surface area contributed by atoms with Crippen LogP contribution in [0.4, 0.5) is 5.69 Å². The van der Waals surface area contributed by atoms with Crippen LogP contribution in [0.3, 0.4) is 0 Å². The van der Waals surface area contributed by atoms with Gasteiger partial charge in [-0.2, -0.15) is 0 Å². The van der Waals surface area contributed by atoms with E-state index in [1.807, 2.05) is 13.8 Å². The van der Waals surface area contributed by atoms with Crippen LogP contribution in [0.5, 0.6) is 5.75 Å². The maximum atomic E-state index is 11.8. The summed E-state index contributed by atoms with van der Waals surface area (Å²) >= 11 is 0. The molecule has 0 heterocycles. The summed E-state index contributed by atoms with van der Waals surface area (Å²) in [6, 6.07) is 4.34. The molecule has 3 N–H and O–H groups in total. The predicted octanol–water partition coefficient (Wildman–Crippen LogP) is 1.35. The molecule has 1 rings (SSSR count). The Morgan fingerprint density at radius 2 is 2.10 bits per heavy atom. The number of nitrogens with one attached hydrogen (secondary N) is 1. The van der Waals surface area contributed by atoms with Gasteiger partial charge in [0, 0.05) is 18.7 Å². The van der Waals surface area contributed by atoms with Crippen LogP contribution >= 0.6 is 0 Å². The molecule has 0 fully saturated rings. The van der Waals surface area contributed by atoms with Crippen molar-refractivity contribution in [3.63, 3.8) is 0 Å². The van der Waals surface area contributed by atoms with Gasteiger partial charge in [-0.3, -0.25) is 14.9 Å². The average Bonchev–Trinajstić information content (AvgIpc) is 2.37. The zero-order chi connectivity index (χ0) is 15.3. The third kappa shape index (κ3) is 4.20. The van der Waals surface area contributed by atoms with Gasteiger partial charge in [0.15, 0.2) is 11.9 Å². The maximum absolute atomic E-state index is 11.8. The smallest absolute Gasteiger partial charge is 0.310 e. The molecule has 0 aliphatic rings. The van der Waals surface area contributed by atoms with E-state index >= 15 is 0 Å². The number of hydrogen-bond acceptors (Lipinski definition) is 5. The largest absolute Gasteiger partial charge is 0.474 e. The second-order valence-electron chi connectivity index (χ2n) is 4.69. The molecule has 7 nitrogen and oxygen atoms in total. The molecule has 1 aromatic carbocycles. The van der Waals surface area contributed by atoms with Crippen molar-refractivity contribution in [3.05, 3.63) is 33.9 Å². The predicted molar refractivity (Wildman–Crippen MR) is 74.4 cm³/mol. The van der Waals surface area contributed by atoms with Gasteiger partial charge in [0.05, 0.1) is 4.92 Å². The lowest BCUT2D eigenvalue weighted by Crippen LogP contribution is -2.40. The highest BCUT2D eigenvalue weighted by molar-refractivity contribution is 5.81. The van der Waals surface area contributed by atoms with Gasteiger partial charge in [0.1, 0.15) is 0 Å². The van der Waals surface area contributed by atoms with Gasteiger partial charge in [0.25, 0.3) is 5.91 Å². The van der Waals surface area contributed by atoms with E-state index in [0.29, 0.717) is 5.56 Å². The quantitative estimate of drug-likeness (QED) is 0.604. The first-order chi connectivity index (χ1) is 9.35. The highest BCUT2D eigenvalue weighted by atomic mass is 16.6. The van der Waals surface area contributed by atoms with Gasteiger partial charge in [-0.15, -0.1) is 0 Å². The standard InChI is InChI=1S/C13H19N3O4/c1-8(2)15-13(17)9(3)20-12-6-10(7-14)4-5-11(12)16(18)19/h4-6,8-9H,7,14H2,1-3H3,(H,15,17). The molecule has 0 aliphatic heterocycles. The number of carbonyl (C=O) groups is 1. The average molecular weight is 281 g/mol. The molecule has 0 saturated heterocycles. The second kappa shape index (κ2) is 6.85. The number of nitrogens with two attached hydrogens (primary N) is 1. The van der Waals surface area contributed by atoms with Crippen LogP contribution in [0.15, 0.2) is 18.2 Å². The Bertz CT molecular complexity index is 502. The van der Waals surface area contributed by atoms with Crippen molar-refractivity contribution < 1.29 is 14.5 Å². The van der Waals surface area contributed by atoms with E-state index in [0.717, 1.165) is 0 Å². The lowest BCUT2D eigenvalue weighted by molar-refractivity contribution is -0.386. The first kappa shape index (κ1) is 15.9. The van der Waals surface area contributed by atoms with E-state index in [1.54, 1.807) is 6.07 Å². The molecule has 1 unspecified atom stereocenters. The van der Waals surface area contributed by atoms with Gasteiger partial charge >= 0.3 is 5.69 Å². The Morgan fingerprint density at radius 3 is 2.60 bits per heavy atom. The minimum Gasteiger partial charge on any atom is -0.474 e. The Balaban J connectivity index is 2.94. The van der Waals surface area contributed by atoms with Gasteiger partial charge in [-0.25, -0.2) is 0 Å². The number of carbonyl (C=O) groups excluding carboxylic acids is 1. The molecule has 20 heavy (non-hydrogen) atoms. The number of amides is 1. The molecule has 7 heteroatoms. The van der Waals surface area contributed by atoms with Gasteiger partial charge < -0.3 is 15.8 Å². The number of ether oxygens (including phenoxy) is 1. The van der Waals surface area contributed by atoms with Crippen LogP contribution in [0, 0.1) is 10.1 Å².